The van der Waals surface area contributed by atoms with Crippen LogP contribution in [0.2, 0.25) is 0 Å². The van der Waals surface area contributed by atoms with Gasteiger partial charge in [0.1, 0.15) is 0 Å². The van der Waals surface area contributed by atoms with Gasteiger partial charge >= 0.3 is 0 Å². The zero-order valence-electron chi connectivity index (χ0n) is 14.6. The number of allylic oxidation sites excluding steroid dienone is 2. The molecule has 1 heterocycles. The van der Waals surface area contributed by atoms with E-state index in [0.717, 1.165) is 45.5 Å². The van der Waals surface area contributed by atoms with Crippen LogP contribution < -0.4 is 0 Å². The van der Waals surface area contributed by atoms with E-state index in [4.69, 9.17) is 9.47 Å². The molecule has 1 saturated heterocycles. The third-order valence-corrected chi connectivity index (χ3v) is 4.96. The summed E-state index contributed by atoms with van der Waals surface area (Å²) in [6.07, 6.45) is 6.84. The molecule has 0 N–H and O–H groups in total. The average Bonchev–Trinajstić information content (AvgIpc) is 2.89. The van der Waals surface area contributed by atoms with Crippen LogP contribution in [0.25, 0.3) is 0 Å². The Kier molecular flexibility index (Phi) is 5.50. The summed E-state index contributed by atoms with van der Waals surface area (Å²) < 4.78 is 12.4. The van der Waals surface area contributed by atoms with Crippen molar-refractivity contribution in [2.24, 2.45) is 5.41 Å². The van der Waals surface area contributed by atoms with E-state index in [1.54, 1.807) is 5.57 Å². The molecule has 0 bridgehead atoms. The molecule has 0 saturated carbocycles. The number of ether oxygens (including phenoxy) is 2. The molecule has 2 aliphatic rings. The molecule has 2 unspecified atom stereocenters. The van der Waals surface area contributed by atoms with Crippen molar-refractivity contribution in [3.8, 4) is 0 Å². The van der Waals surface area contributed by atoms with E-state index in [-0.39, 0.29) is 11.9 Å². The van der Waals surface area contributed by atoms with E-state index in [2.05, 4.69) is 45.6 Å². The van der Waals surface area contributed by atoms with Crippen LogP contribution >= 0.6 is 0 Å². The second-order valence-corrected chi connectivity index (χ2v) is 7.10. The van der Waals surface area contributed by atoms with Gasteiger partial charge in [0, 0.05) is 18.4 Å². The first-order valence-electron chi connectivity index (χ1n) is 8.71. The summed E-state index contributed by atoms with van der Waals surface area (Å²) in [5.74, 6) is -0.337. The summed E-state index contributed by atoms with van der Waals surface area (Å²) in [5, 5.41) is 0. The fourth-order valence-corrected chi connectivity index (χ4v) is 3.30. The van der Waals surface area contributed by atoms with Crippen LogP contribution in [0, 0.1) is 5.41 Å². The van der Waals surface area contributed by atoms with Gasteiger partial charge in [0.05, 0.1) is 12.7 Å². The lowest BCUT2D eigenvalue weighted by Gasteiger charge is -2.28. The van der Waals surface area contributed by atoms with Gasteiger partial charge in [-0.25, -0.2) is 0 Å². The molecule has 2 atom stereocenters. The van der Waals surface area contributed by atoms with Gasteiger partial charge < -0.3 is 14.4 Å². The van der Waals surface area contributed by atoms with Crippen LogP contribution in [-0.2, 0) is 9.47 Å². The SMILES string of the molecule is CCCN(CC)CC1COC(CC)(CCC2=CC2(C)C)O1. The van der Waals surface area contributed by atoms with Crippen molar-refractivity contribution in [3.05, 3.63) is 11.6 Å². The van der Waals surface area contributed by atoms with Gasteiger partial charge in [0.15, 0.2) is 5.79 Å². The Morgan fingerprint density at radius 3 is 2.52 bits per heavy atom. The zero-order valence-corrected chi connectivity index (χ0v) is 14.6. The minimum Gasteiger partial charge on any atom is -0.347 e. The smallest absolute Gasteiger partial charge is 0.169 e. The van der Waals surface area contributed by atoms with Gasteiger partial charge in [-0.2, -0.15) is 0 Å². The number of nitrogens with zero attached hydrogens (tertiary/aromatic N) is 1. The lowest BCUT2D eigenvalue weighted by atomic mass is 10.00. The van der Waals surface area contributed by atoms with Crippen LogP contribution in [0.15, 0.2) is 11.6 Å². The van der Waals surface area contributed by atoms with Crippen LogP contribution in [-0.4, -0.2) is 43.0 Å². The maximum atomic E-state index is 6.33. The number of hydrogen-bond acceptors (Lipinski definition) is 3. The monoisotopic (exact) mass is 295 g/mol. The minimum atomic E-state index is -0.337. The normalized spacial score (nSPS) is 30.8. The molecular weight excluding hydrogens is 262 g/mol. The summed E-state index contributed by atoms with van der Waals surface area (Å²) in [7, 11) is 0. The molecule has 1 aliphatic carbocycles. The lowest BCUT2D eigenvalue weighted by molar-refractivity contribution is -0.175. The number of likely N-dealkylation sites (N-methyl/N-ethyl adjacent to an activating group) is 1. The third kappa shape index (κ3) is 4.30. The van der Waals surface area contributed by atoms with Crippen LogP contribution in [0.5, 0.6) is 0 Å². The van der Waals surface area contributed by atoms with Gasteiger partial charge in [0.2, 0.25) is 0 Å². The standard InChI is InChI=1S/C18H33NO2/c1-6-11-19(8-3)13-16-14-20-18(7-2,21-16)10-9-15-12-17(15,4)5/h12,16H,6-11,13-14H2,1-5H3. The van der Waals surface area contributed by atoms with E-state index < -0.39 is 0 Å². The summed E-state index contributed by atoms with van der Waals surface area (Å²) in [6.45, 7) is 15.2. The van der Waals surface area contributed by atoms with Crippen LogP contribution in [0.1, 0.15) is 60.3 Å². The number of rotatable bonds is 9. The van der Waals surface area contributed by atoms with Crippen LogP contribution in [0.3, 0.4) is 0 Å². The Morgan fingerprint density at radius 1 is 1.29 bits per heavy atom. The van der Waals surface area contributed by atoms with Crippen molar-refractivity contribution in [1.29, 1.82) is 0 Å². The highest BCUT2D eigenvalue weighted by Gasteiger charge is 2.42. The maximum Gasteiger partial charge on any atom is 0.169 e. The Balaban J connectivity index is 1.81. The van der Waals surface area contributed by atoms with E-state index in [9.17, 15) is 0 Å². The maximum absolute atomic E-state index is 6.33. The summed E-state index contributed by atoms with van der Waals surface area (Å²) in [4.78, 5) is 2.46. The van der Waals surface area contributed by atoms with Crippen molar-refractivity contribution < 1.29 is 9.47 Å². The Bertz CT molecular complexity index is 377. The predicted octanol–water partition coefficient (Wildman–Crippen LogP) is 3.99. The van der Waals surface area contributed by atoms with Crippen molar-refractivity contribution in [1.82, 2.24) is 4.90 Å². The highest BCUT2D eigenvalue weighted by atomic mass is 16.7. The summed E-state index contributed by atoms with van der Waals surface area (Å²) >= 11 is 0. The van der Waals surface area contributed by atoms with Gasteiger partial charge in [-0.15, -0.1) is 0 Å². The molecule has 0 aromatic rings. The first-order valence-corrected chi connectivity index (χ1v) is 8.71. The molecule has 21 heavy (non-hydrogen) atoms. The van der Waals surface area contributed by atoms with Gasteiger partial charge in [-0.3, -0.25) is 0 Å². The minimum absolute atomic E-state index is 0.234. The summed E-state index contributed by atoms with van der Waals surface area (Å²) in [5.41, 5.74) is 1.92. The average molecular weight is 295 g/mol. The highest BCUT2D eigenvalue weighted by Crippen LogP contribution is 2.47. The van der Waals surface area contributed by atoms with E-state index in [1.165, 1.54) is 6.42 Å². The quantitative estimate of drug-likeness (QED) is 0.600. The van der Waals surface area contributed by atoms with Crippen LogP contribution in [0.4, 0.5) is 0 Å². The Morgan fingerprint density at radius 2 is 2.00 bits per heavy atom. The predicted molar refractivity (Wildman–Crippen MR) is 87.4 cm³/mol. The van der Waals surface area contributed by atoms with Gasteiger partial charge in [-0.1, -0.05) is 46.3 Å². The molecule has 0 aromatic carbocycles. The molecule has 0 radical (unpaired) electrons. The topological polar surface area (TPSA) is 21.7 Å². The first-order chi connectivity index (χ1) is 9.94. The van der Waals surface area contributed by atoms with Crippen molar-refractivity contribution in [2.45, 2.75) is 72.2 Å². The molecule has 0 aromatic heterocycles. The van der Waals surface area contributed by atoms with Crippen molar-refractivity contribution in [3.63, 3.8) is 0 Å². The second kappa shape index (κ2) is 6.80. The largest absolute Gasteiger partial charge is 0.347 e. The molecule has 1 fully saturated rings. The summed E-state index contributed by atoms with van der Waals surface area (Å²) in [6, 6.07) is 0. The first kappa shape index (κ1) is 17.0. The second-order valence-electron chi connectivity index (χ2n) is 7.10. The van der Waals surface area contributed by atoms with E-state index in [0.29, 0.717) is 5.41 Å². The molecule has 122 valence electrons. The van der Waals surface area contributed by atoms with E-state index in [1.807, 2.05) is 0 Å². The van der Waals surface area contributed by atoms with Crippen molar-refractivity contribution >= 4 is 0 Å². The lowest BCUT2D eigenvalue weighted by Crippen LogP contribution is -2.36. The molecular formula is C18H33NO2. The molecule has 0 amide bonds. The fourth-order valence-electron chi connectivity index (χ4n) is 3.30. The highest BCUT2D eigenvalue weighted by molar-refractivity contribution is 5.35. The zero-order chi connectivity index (χ0) is 15.5. The fraction of sp³-hybridized carbons (Fsp3) is 0.889. The molecule has 3 heteroatoms. The molecule has 1 aliphatic heterocycles. The molecule has 0 spiro atoms. The van der Waals surface area contributed by atoms with E-state index >= 15 is 0 Å². The Hall–Kier alpha value is -0.380. The molecule has 3 nitrogen and oxygen atoms in total. The van der Waals surface area contributed by atoms with Crippen molar-refractivity contribution in [2.75, 3.05) is 26.2 Å². The number of hydrogen-bond donors (Lipinski definition) is 0. The third-order valence-electron chi connectivity index (χ3n) is 4.96. The molecule has 2 rings (SSSR count). The Labute approximate surface area is 130 Å². The van der Waals surface area contributed by atoms with Gasteiger partial charge in [-0.05, 0) is 32.4 Å². The van der Waals surface area contributed by atoms with Gasteiger partial charge in [0.25, 0.3) is 0 Å².